The SMILES string of the molecule is O=S(=O)(Nc1ccc(NCc2ccccc2)cn1)c1cccs1. The minimum atomic E-state index is -3.55. The Morgan fingerprint density at radius 3 is 2.48 bits per heavy atom. The fourth-order valence-corrected chi connectivity index (χ4v) is 3.96. The average molecular weight is 345 g/mol. The van der Waals surface area contributed by atoms with Crippen molar-refractivity contribution in [1.29, 1.82) is 0 Å². The number of pyridine rings is 1. The molecule has 0 bridgehead atoms. The summed E-state index contributed by atoms with van der Waals surface area (Å²) in [6.07, 6.45) is 1.61. The highest BCUT2D eigenvalue weighted by molar-refractivity contribution is 7.94. The van der Waals surface area contributed by atoms with Crippen LogP contribution < -0.4 is 10.0 Å². The average Bonchev–Trinajstić information content (AvgIpc) is 3.10. The van der Waals surface area contributed by atoms with E-state index < -0.39 is 10.0 Å². The molecule has 0 aliphatic heterocycles. The number of thiophene rings is 1. The Morgan fingerprint density at radius 2 is 1.83 bits per heavy atom. The number of aromatic nitrogens is 1. The van der Waals surface area contributed by atoms with Crippen LogP contribution in [0, 0.1) is 0 Å². The second-order valence-corrected chi connectivity index (χ2v) is 7.67. The molecule has 0 amide bonds. The van der Waals surface area contributed by atoms with Gasteiger partial charge in [-0.25, -0.2) is 13.4 Å². The molecule has 0 fully saturated rings. The predicted molar refractivity (Wildman–Crippen MR) is 93.1 cm³/mol. The summed E-state index contributed by atoms with van der Waals surface area (Å²) in [6, 6.07) is 16.7. The highest BCUT2D eigenvalue weighted by atomic mass is 32.2. The fraction of sp³-hybridized carbons (Fsp3) is 0.0625. The number of sulfonamides is 1. The summed E-state index contributed by atoms with van der Waals surface area (Å²) < 4.78 is 26.9. The van der Waals surface area contributed by atoms with E-state index in [0.29, 0.717) is 12.4 Å². The monoisotopic (exact) mass is 345 g/mol. The number of hydrogen-bond donors (Lipinski definition) is 2. The molecule has 0 spiro atoms. The molecule has 23 heavy (non-hydrogen) atoms. The minimum absolute atomic E-state index is 0.269. The number of nitrogens with zero attached hydrogens (tertiary/aromatic N) is 1. The van der Waals surface area contributed by atoms with Crippen molar-refractivity contribution in [3.63, 3.8) is 0 Å². The molecule has 2 heterocycles. The van der Waals surface area contributed by atoms with Crippen LogP contribution in [0.5, 0.6) is 0 Å². The van der Waals surface area contributed by atoms with E-state index in [0.717, 1.165) is 11.3 Å². The molecule has 5 nitrogen and oxygen atoms in total. The number of nitrogens with one attached hydrogen (secondary N) is 2. The maximum Gasteiger partial charge on any atom is 0.272 e. The number of benzene rings is 1. The molecule has 2 aromatic heterocycles. The molecule has 7 heteroatoms. The van der Waals surface area contributed by atoms with Crippen molar-refractivity contribution >= 4 is 32.9 Å². The summed E-state index contributed by atoms with van der Waals surface area (Å²) >= 11 is 1.17. The second kappa shape index (κ2) is 6.80. The summed E-state index contributed by atoms with van der Waals surface area (Å²) in [4.78, 5) is 4.14. The third-order valence-corrected chi connectivity index (χ3v) is 5.85. The molecular formula is C16H15N3O2S2. The first kappa shape index (κ1) is 15.5. The minimum Gasteiger partial charge on any atom is -0.380 e. The van der Waals surface area contributed by atoms with Gasteiger partial charge in [0.05, 0.1) is 11.9 Å². The topological polar surface area (TPSA) is 71.1 Å². The molecule has 3 aromatic rings. The Morgan fingerprint density at radius 1 is 1.00 bits per heavy atom. The standard InChI is InChI=1S/C16H15N3O2S2/c20-23(21,16-7-4-10-22-16)19-15-9-8-14(12-18-15)17-11-13-5-2-1-3-6-13/h1-10,12,17H,11H2,(H,18,19). The molecule has 0 radical (unpaired) electrons. The summed E-state index contributed by atoms with van der Waals surface area (Å²) in [6.45, 7) is 0.683. The van der Waals surface area contributed by atoms with Crippen molar-refractivity contribution in [2.24, 2.45) is 0 Å². The second-order valence-electron chi connectivity index (χ2n) is 4.81. The molecule has 0 aliphatic carbocycles. The molecule has 1 aromatic carbocycles. The van der Waals surface area contributed by atoms with Crippen molar-refractivity contribution in [3.8, 4) is 0 Å². The predicted octanol–water partition coefficient (Wildman–Crippen LogP) is 3.56. The van der Waals surface area contributed by atoms with E-state index in [9.17, 15) is 8.42 Å². The maximum absolute atomic E-state index is 12.1. The van der Waals surface area contributed by atoms with Gasteiger partial charge in [0.1, 0.15) is 10.0 Å². The molecule has 0 unspecified atom stereocenters. The van der Waals surface area contributed by atoms with Crippen LogP contribution in [0.15, 0.2) is 70.4 Å². The molecule has 118 valence electrons. The lowest BCUT2D eigenvalue weighted by atomic mass is 10.2. The first-order valence-corrected chi connectivity index (χ1v) is 9.30. The molecular weight excluding hydrogens is 330 g/mol. The van der Waals surface area contributed by atoms with E-state index in [-0.39, 0.29) is 4.21 Å². The summed E-state index contributed by atoms with van der Waals surface area (Å²) in [5.41, 5.74) is 1.99. The van der Waals surface area contributed by atoms with Gasteiger partial charge in [0.2, 0.25) is 0 Å². The zero-order valence-electron chi connectivity index (χ0n) is 12.1. The Labute approximate surface area is 139 Å². The van der Waals surface area contributed by atoms with Gasteiger partial charge in [-0.05, 0) is 29.1 Å². The van der Waals surface area contributed by atoms with Gasteiger partial charge in [0.15, 0.2) is 0 Å². The summed E-state index contributed by atoms with van der Waals surface area (Å²) in [5, 5.41) is 4.96. The maximum atomic E-state index is 12.1. The van der Waals surface area contributed by atoms with Crippen molar-refractivity contribution < 1.29 is 8.42 Å². The van der Waals surface area contributed by atoms with Gasteiger partial charge < -0.3 is 5.32 Å². The van der Waals surface area contributed by atoms with Crippen molar-refractivity contribution in [2.75, 3.05) is 10.0 Å². The summed E-state index contributed by atoms with van der Waals surface area (Å²) in [5.74, 6) is 0.295. The van der Waals surface area contributed by atoms with E-state index >= 15 is 0 Å². The van der Waals surface area contributed by atoms with Crippen LogP contribution in [0.2, 0.25) is 0 Å². The molecule has 3 rings (SSSR count). The molecule has 0 atom stereocenters. The largest absolute Gasteiger partial charge is 0.380 e. The van der Waals surface area contributed by atoms with Gasteiger partial charge in [-0.1, -0.05) is 36.4 Å². The highest BCUT2D eigenvalue weighted by Gasteiger charge is 2.15. The van der Waals surface area contributed by atoms with E-state index in [2.05, 4.69) is 15.0 Å². The van der Waals surface area contributed by atoms with Crippen molar-refractivity contribution in [1.82, 2.24) is 4.98 Å². The van der Waals surface area contributed by atoms with Crippen LogP contribution in [0.25, 0.3) is 0 Å². The zero-order chi connectivity index (χ0) is 16.1. The quantitative estimate of drug-likeness (QED) is 0.717. The van der Waals surface area contributed by atoms with Crippen LogP contribution in [-0.2, 0) is 16.6 Å². The molecule has 0 saturated heterocycles. The van der Waals surface area contributed by atoms with Crippen molar-refractivity contribution in [3.05, 3.63) is 71.7 Å². The Bertz CT molecular complexity index is 846. The highest BCUT2D eigenvalue weighted by Crippen LogP contribution is 2.19. The van der Waals surface area contributed by atoms with Crippen LogP contribution >= 0.6 is 11.3 Å². The number of anilines is 2. The lowest BCUT2D eigenvalue weighted by Gasteiger charge is -2.08. The molecule has 0 saturated carbocycles. The zero-order valence-corrected chi connectivity index (χ0v) is 13.8. The third kappa shape index (κ3) is 4.08. The smallest absolute Gasteiger partial charge is 0.272 e. The molecule has 0 aliphatic rings. The first-order chi connectivity index (χ1) is 11.1. The number of hydrogen-bond acceptors (Lipinski definition) is 5. The molecule has 2 N–H and O–H groups in total. The van der Waals surface area contributed by atoms with E-state index in [1.807, 2.05) is 30.3 Å². The van der Waals surface area contributed by atoms with Gasteiger partial charge in [-0.2, -0.15) is 0 Å². The van der Waals surface area contributed by atoms with Gasteiger partial charge in [0, 0.05) is 6.54 Å². The Kier molecular flexibility index (Phi) is 4.59. The van der Waals surface area contributed by atoms with Crippen LogP contribution in [0.4, 0.5) is 11.5 Å². The van der Waals surface area contributed by atoms with Gasteiger partial charge in [-0.15, -0.1) is 11.3 Å². The van der Waals surface area contributed by atoms with Gasteiger partial charge >= 0.3 is 0 Å². The normalized spacial score (nSPS) is 11.1. The van der Waals surface area contributed by atoms with Gasteiger partial charge in [-0.3, -0.25) is 4.72 Å². The van der Waals surface area contributed by atoms with E-state index in [1.165, 1.54) is 11.3 Å². The van der Waals surface area contributed by atoms with E-state index in [1.54, 1.807) is 35.8 Å². The van der Waals surface area contributed by atoms with Crippen molar-refractivity contribution in [2.45, 2.75) is 10.8 Å². The van der Waals surface area contributed by atoms with Crippen LogP contribution in [0.3, 0.4) is 0 Å². The lowest BCUT2D eigenvalue weighted by Crippen LogP contribution is -2.12. The van der Waals surface area contributed by atoms with Gasteiger partial charge in [0.25, 0.3) is 10.0 Å². The third-order valence-electron chi connectivity index (χ3n) is 3.10. The fourth-order valence-electron chi connectivity index (χ4n) is 1.96. The van der Waals surface area contributed by atoms with Crippen LogP contribution in [0.1, 0.15) is 5.56 Å². The van der Waals surface area contributed by atoms with Crippen LogP contribution in [-0.4, -0.2) is 13.4 Å². The van der Waals surface area contributed by atoms with E-state index in [4.69, 9.17) is 0 Å². The first-order valence-electron chi connectivity index (χ1n) is 6.94. The number of rotatable bonds is 6. The Balaban J connectivity index is 1.63. The summed E-state index contributed by atoms with van der Waals surface area (Å²) in [7, 11) is -3.55. The Hall–Kier alpha value is -2.38. The lowest BCUT2D eigenvalue weighted by molar-refractivity contribution is 0.603.